The molecular weight excluding hydrogens is 1860 g/mol. The van der Waals surface area contributed by atoms with E-state index in [1.165, 1.54) is 72.2 Å². The molecule has 8 heterocycles. The number of ether oxygens (including phenoxy) is 2. The van der Waals surface area contributed by atoms with Crippen molar-refractivity contribution in [2.45, 2.75) is 157 Å². The van der Waals surface area contributed by atoms with Crippen molar-refractivity contribution in [2.75, 3.05) is 0 Å². The van der Waals surface area contributed by atoms with Crippen LogP contribution in [0.3, 0.4) is 0 Å². The van der Waals surface area contributed by atoms with Crippen LogP contribution < -0.4 is 14.0 Å². The van der Waals surface area contributed by atoms with Crippen LogP contribution >= 0.6 is 0 Å². The quantitative estimate of drug-likeness (QED) is 0.0515. The standard InChI is InChI=1S/C66H66N4O.C44H32N4O.2Pt/c1-40(2)47-32-56(42(5)6)65(57(33-47)43(7)8)46-28-29-67-64(36-46)70-60-23-17-16-22-54(60)55-27-26-52(38-63(55)70)71-53-31-49(66-58(44(9)10)34-48(41(3)4)35-59(66)45(11)12)30-51(37-53)69-39-68(50-20-14-13-15-21-50)61-24-18-19-25-62(61)69;1-43(2)35-17-12-16-33-30-22-20-28(25-34(30)42-46-39(27-13-6-5-7-14-27)41(44(43,3)4)48(42)40(33)35)49-29-21-23-32-31-15-8-9-18-36(31)47(37(32)26-29)38-19-10-11-24-45-38;;/h13-36,40-45H,1-12H3;5-24H,1-4H3;;/q2*-2;;+2. The largest absolute Gasteiger partial charge is 2.00 e. The van der Waals surface area contributed by atoms with Gasteiger partial charge in [-0.05, 0) is 162 Å². The molecule has 0 amide bonds. The molecule has 0 radical (unpaired) electrons. The molecule has 612 valence electrons. The molecule has 1 aliphatic heterocycles. The Morgan fingerprint density at radius 2 is 0.885 bits per heavy atom. The van der Waals surface area contributed by atoms with Gasteiger partial charge >= 0.3 is 21.1 Å². The van der Waals surface area contributed by atoms with Gasteiger partial charge in [0.05, 0.1) is 28.1 Å². The first-order valence-electron chi connectivity index (χ1n) is 42.5. The number of para-hydroxylation sites is 6. The summed E-state index contributed by atoms with van der Waals surface area (Å²) in [6.45, 7) is 37.1. The van der Waals surface area contributed by atoms with Gasteiger partial charge in [0.25, 0.3) is 6.33 Å². The van der Waals surface area contributed by atoms with E-state index in [0.717, 1.165) is 111 Å². The van der Waals surface area contributed by atoms with Crippen LogP contribution in [-0.4, -0.2) is 33.1 Å². The van der Waals surface area contributed by atoms with E-state index in [-0.39, 0.29) is 64.8 Å². The van der Waals surface area contributed by atoms with Crippen molar-refractivity contribution in [1.82, 2.24) is 33.1 Å². The van der Waals surface area contributed by atoms with E-state index < -0.39 is 0 Å². The molecule has 12 aromatic carbocycles. The second-order valence-corrected chi connectivity index (χ2v) is 35.4. The van der Waals surface area contributed by atoms with Crippen LogP contribution in [0, 0.1) is 30.6 Å². The van der Waals surface area contributed by atoms with E-state index in [4.69, 9.17) is 19.4 Å². The molecule has 20 rings (SSSR count). The number of hydrogen-bond donors (Lipinski definition) is 0. The molecule has 12 heteroatoms. The van der Waals surface area contributed by atoms with Crippen LogP contribution in [0.25, 0.3) is 138 Å². The van der Waals surface area contributed by atoms with Gasteiger partial charge in [-0.3, -0.25) is 9.55 Å². The van der Waals surface area contributed by atoms with Crippen LogP contribution in [0.15, 0.2) is 267 Å². The Hall–Kier alpha value is -11.8. The monoisotopic (exact) mass is 1950 g/mol. The number of hydrogen-bond acceptors (Lipinski definition) is 5. The van der Waals surface area contributed by atoms with E-state index in [2.05, 4.69) is 381 Å². The molecule has 0 saturated carbocycles. The van der Waals surface area contributed by atoms with E-state index in [1.807, 2.05) is 54.9 Å². The normalized spacial score (nSPS) is 13.0. The maximum absolute atomic E-state index is 7.09. The van der Waals surface area contributed by atoms with Crippen LogP contribution in [0.2, 0.25) is 0 Å². The molecule has 0 atom stereocenters. The van der Waals surface area contributed by atoms with Gasteiger partial charge in [0, 0.05) is 95.1 Å². The molecule has 0 unspecified atom stereocenters. The molecule has 7 aromatic heterocycles. The summed E-state index contributed by atoms with van der Waals surface area (Å²) in [5.41, 5.74) is 27.3. The van der Waals surface area contributed by atoms with Crippen LogP contribution in [-0.2, 0) is 53.0 Å². The zero-order valence-corrected chi connectivity index (χ0v) is 76.4. The predicted molar refractivity (Wildman–Crippen MR) is 493 cm³/mol. The fourth-order valence-electron chi connectivity index (χ4n) is 18.4. The average molecular weight is 1950 g/mol. The van der Waals surface area contributed by atoms with Gasteiger partial charge in [0.15, 0.2) is 0 Å². The summed E-state index contributed by atoms with van der Waals surface area (Å²) in [6.07, 6.45) is 7.51. The van der Waals surface area contributed by atoms with Crippen LogP contribution in [0.5, 0.6) is 23.0 Å². The number of rotatable bonds is 17. The van der Waals surface area contributed by atoms with Crippen LogP contribution in [0.4, 0.5) is 0 Å². The maximum Gasteiger partial charge on any atom is 2.00 e. The summed E-state index contributed by atoms with van der Waals surface area (Å²) < 4.78 is 24.7. The topological polar surface area (TPSA) is 80.2 Å². The Morgan fingerprint density at radius 1 is 0.385 bits per heavy atom. The fourth-order valence-corrected chi connectivity index (χ4v) is 18.4. The minimum Gasteiger partial charge on any atom is -0.510 e. The molecule has 0 spiro atoms. The summed E-state index contributed by atoms with van der Waals surface area (Å²) in [5, 5.41) is 7.69. The molecule has 0 aliphatic carbocycles. The zero-order valence-electron chi connectivity index (χ0n) is 71.9. The minimum absolute atomic E-state index is 0. The molecule has 0 saturated heterocycles. The van der Waals surface area contributed by atoms with Crippen LogP contribution in [0.1, 0.15) is 191 Å². The number of nitrogens with zero attached hydrogens (tertiary/aromatic N) is 8. The van der Waals surface area contributed by atoms with Gasteiger partial charge in [-0.1, -0.05) is 296 Å². The molecule has 122 heavy (non-hydrogen) atoms. The number of benzene rings is 12. The van der Waals surface area contributed by atoms with Crippen molar-refractivity contribution in [3.8, 4) is 79.5 Å². The number of aromatic nitrogens is 8. The Bertz CT molecular complexity index is 7190. The van der Waals surface area contributed by atoms with Gasteiger partial charge in [0.2, 0.25) is 0 Å². The molecule has 0 N–H and O–H groups in total. The van der Waals surface area contributed by atoms with Gasteiger partial charge in [-0.15, -0.1) is 64.9 Å². The Balaban J connectivity index is 0.000000181. The minimum atomic E-state index is -0.211. The Kier molecular flexibility index (Phi) is 22.0. The van der Waals surface area contributed by atoms with Crippen molar-refractivity contribution >= 4 is 82.0 Å². The molecule has 10 nitrogen and oxygen atoms in total. The second-order valence-electron chi connectivity index (χ2n) is 35.4. The second kappa shape index (κ2) is 32.5. The average Bonchev–Trinajstić information content (AvgIpc) is 1.47. The van der Waals surface area contributed by atoms with Crippen molar-refractivity contribution in [2.24, 2.45) is 0 Å². The van der Waals surface area contributed by atoms with E-state index in [9.17, 15) is 0 Å². The maximum atomic E-state index is 7.09. The summed E-state index contributed by atoms with van der Waals surface area (Å²) in [5.74, 6) is 6.20. The van der Waals surface area contributed by atoms with E-state index in [1.54, 1.807) is 0 Å². The van der Waals surface area contributed by atoms with Gasteiger partial charge in [-0.2, -0.15) is 18.2 Å². The number of pyridine rings is 3. The Labute approximate surface area is 744 Å². The summed E-state index contributed by atoms with van der Waals surface area (Å²) in [4.78, 5) is 15.2. The third-order valence-corrected chi connectivity index (χ3v) is 25.3. The summed E-state index contributed by atoms with van der Waals surface area (Å²) >= 11 is 0. The summed E-state index contributed by atoms with van der Waals surface area (Å²) in [7, 11) is 0. The van der Waals surface area contributed by atoms with Crippen molar-refractivity contribution in [3.63, 3.8) is 0 Å². The zero-order chi connectivity index (χ0) is 82.9. The van der Waals surface area contributed by atoms with Gasteiger partial charge in [-0.25, -0.2) is 9.97 Å². The fraction of sp³-hybridized carbons (Fsp3) is 0.218. The van der Waals surface area contributed by atoms with Gasteiger partial charge in [0.1, 0.15) is 11.6 Å². The SMILES string of the molecule is CC(C)c1cc(C(C)C)c(-c2cc(Oc3[c-]c4c(cc3)c3ccccc3n4-c3cc(-c4c(C(C)C)cc(C(C)C)cc4C(C)C)ccn3)[c-]c(-n3[c-][n+](-c4ccccc4)c4ccccc43)c2)c(C(C)C)c1.CC1(C)c2cccc3c4ccc(Oc5[c-]c6c(cc5)c5ccccc5n6-c5ccccn5)[c-]c4c4nc(-c5ccccc5)c(n4c23)C1(C)C.[Pt+2].[Pt]. The van der Waals surface area contributed by atoms with E-state index >= 15 is 0 Å². The molecule has 19 aromatic rings. The summed E-state index contributed by atoms with van der Waals surface area (Å²) in [6, 6.07) is 105. The third kappa shape index (κ3) is 14.1. The first-order valence-corrected chi connectivity index (χ1v) is 42.5. The first kappa shape index (κ1) is 82.5. The number of imidazole rings is 2. The number of fused-ring (bicyclic) bond motifs is 10. The van der Waals surface area contributed by atoms with Crippen molar-refractivity contribution in [3.05, 3.63) is 342 Å². The van der Waals surface area contributed by atoms with Gasteiger partial charge < -0.3 is 27.6 Å². The first-order chi connectivity index (χ1) is 58.0. The Morgan fingerprint density at radius 3 is 1.46 bits per heavy atom. The molecular formula is C110H98N8O2Pt2-2. The van der Waals surface area contributed by atoms with Crippen molar-refractivity contribution < 1.29 is 56.2 Å². The smallest absolute Gasteiger partial charge is 0.510 e. The molecule has 0 fully saturated rings. The third-order valence-electron chi connectivity index (χ3n) is 25.3. The predicted octanol–water partition coefficient (Wildman–Crippen LogP) is 28.4. The van der Waals surface area contributed by atoms with Crippen molar-refractivity contribution in [1.29, 1.82) is 0 Å². The van der Waals surface area contributed by atoms with E-state index in [0.29, 0.717) is 46.7 Å². The molecule has 0 bridgehead atoms. The molecule has 1 aliphatic rings.